The molecule has 0 radical (unpaired) electrons. The number of hydrogen-bond acceptors (Lipinski definition) is 4. The van der Waals surface area contributed by atoms with Crippen molar-refractivity contribution in [2.75, 3.05) is 18.6 Å². The van der Waals surface area contributed by atoms with Crippen LogP contribution in [0.25, 0.3) is 11.1 Å². The van der Waals surface area contributed by atoms with E-state index in [1.165, 1.54) is 23.1 Å². The SMILES string of the molecule is C#Cc1ccnc(N2CC(C)(C)C(OC)C2=O)n1.c1cc2cc-2c1. The zero-order valence-corrected chi connectivity index (χ0v) is 14.0. The van der Waals surface area contributed by atoms with Crippen molar-refractivity contribution >= 4 is 11.9 Å². The molecule has 3 aliphatic rings. The molecule has 1 unspecified atom stereocenters. The predicted molar refractivity (Wildman–Crippen MR) is 92.3 cm³/mol. The third kappa shape index (κ3) is 3.01. The van der Waals surface area contributed by atoms with Crippen LogP contribution in [0.5, 0.6) is 0 Å². The van der Waals surface area contributed by atoms with E-state index in [2.05, 4.69) is 40.2 Å². The molecule has 2 aliphatic carbocycles. The van der Waals surface area contributed by atoms with E-state index in [9.17, 15) is 4.79 Å². The number of carbonyl (C=O) groups is 1. The van der Waals surface area contributed by atoms with E-state index in [4.69, 9.17) is 11.2 Å². The molecule has 4 rings (SSSR count). The van der Waals surface area contributed by atoms with E-state index >= 15 is 0 Å². The topological polar surface area (TPSA) is 55.3 Å². The minimum atomic E-state index is -0.476. The van der Waals surface area contributed by atoms with Gasteiger partial charge in [0.2, 0.25) is 5.95 Å². The first-order valence-corrected chi connectivity index (χ1v) is 7.70. The van der Waals surface area contributed by atoms with Crippen LogP contribution in [0.1, 0.15) is 19.5 Å². The largest absolute Gasteiger partial charge is 0.371 e. The highest BCUT2D eigenvalue weighted by Gasteiger charge is 2.48. The summed E-state index contributed by atoms with van der Waals surface area (Å²) in [6.07, 6.45) is 6.37. The first-order valence-electron chi connectivity index (χ1n) is 7.70. The number of anilines is 1. The number of fused-ring (bicyclic) bond motifs is 1. The Bertz CT molecular complexity index is 806. The molecule has 5 nitrogen and oxygen atoms in total. The summed E-state index contributed by atoms with van der Waals surface area (Å²) in [5.41, 5.74) is 3.04. The normalized spacial score (nSPS) is 19.3. The fourth-order valence-corrected chi connectivity index (χ4v) is 2.87. The summed E-state index contributed by atoms with van der Waals surface area (Å²) >= 11 is 0. The van der Waals surface area contributed by atoms with Crippen molar-refractivity contribution < 1.29 is 9.53 Å². The van der Waals surface area contributed by atoms with Gasteiger partial charge in [0.05, 0.1) is 0 Å². The zero-order chi connectivity index (χ0) is 17.3. The minimum Gasteiger partial charge on any atom is -0.371 e. The molecule has 1 aromatic rings. The molecule has 24 heavy (non-hydrogen) atoms. The fourth-order valence-electron chi connectivity index (χ4n) is 2.87. The van der Waals surface area contributed by atoms with E-state index in [1.807, 2.05) is 13.8 Å². The molecule has 1 fully saturated rings. The molecule has 0 spiro atoms. The molecule has 122 valence electrons. The van der Waals surface area contributed by atoms with Crippen molar-refractivity contribution in [3.05, 3.63) is 42.2 Å². The molecule has 1 atom stereocenters. The highest BCUT2D eigenvalue weighted by Crippen LogP contribution is 2.34. The third-order valence-corrected chi connectivity index (χ3v) is 4.15. The number of benzene rings is 1. The Balaban J connectivity index is 0.000000231. The Morgan fingerprint density at radius 3 is 2.50 bits per heavy atom. The number of carbonyl (C=O) groups excluding carboxylic acids is 1. The van der Waals surface area contributed by atoms with E-state index in [0.29, 0.717) is 18.2 Å². The van der Waals surface area contributed by atoms with Crippen LogP contribution in [0.15, 0.2) is 36.5 Å². The van der Waals surface area contributed by atoms with Crippen molar-refractivity contribution in [1.29, 1.82) is 0 Å². The summed E-state index contributed by atoms with van der Waals surface area (Å²) in [5.74, 6) is 2.64. The van der Waals surface area contributed by atoms with Crippen LogP contribution in [0.3, 0.4) is 0 Å². The van der Waals surface area contributed by atoms with E-state index in [-0.39, 0.29) is 11.3 Å². The second-order valence-corrected chi connectivity index (χ2v) is 6.50. The quantitative estimate of drug-likeness (QED) is 0.681. The summed E-state index contributed by atoms with van der Waals surface area (Å²) in [5, 5.41) is 0. The maximum absolute atomic E-state index is 12.2. The lowest BCUT2D eigenvalue weighted by molar-refractivity contribution is -0.128. The van der Waals surface area contributed by atoms with Crippen molar-refractivity contribution in [1.82, 2.24) is 9.97 Å². The minimum absolute atomic E-state index is 0.128. The van der Waals surface area contributed by atoms with Crippen molar-refractivity contribution in [2.45, 2.75) is 20.0 Å². The van der Waals surface area contributed by atoms with E-state index in [0.717, 1.165) is 0 Å². The van der Waals surface area contributed by atoms with Gasteiger partial charge in [-0.25, -0.2) is 9.97 Å². The second kappa shape index (κ2) is 6.06. The molecular formula is C19H19N3O2. The van der Waals surface area contributed by atoms with Crippen molar-refractivity contribution in [3.63, 3.8) is 0 Å². The number of amides is 1. The van der Waals surface area contributed by atoms with Crippen LogP contribution in [0.2, 0.25) is 0 Å². The first kappa shape index (κ1) is 16.2. The maximum atomic E-state index is 12.2. The number of methoxy groups -OCH3 is 1. The van der Waals surface area contributed by atoms with Crippen LogP contribution in [0, 0.1) is 17.8 Å². The summed E-state index contributed by atoms with van der Waals surface area (Å²) in [6, 6.07) is 10.1. The molecule has 1 aromatic heterocycles. The van der Waals surface area contributed by atoms with Gasteiger partial charge in [-0.05, 0) is 23.3 Å². The van der Waals surface area contributed by atoms with E-state index < -0.39 is 6.10 Å². The number of aromatic nitrogens is 2. The molecule has 2 heterocycles. The van der Waals surface area contributed by atoms with E-state index in [1.54, 1.807) is 12.3 Å². The molecule has 0 N–H and O–H groups in total. The number of nitrogens with zero attached hydrogens (tertiary/aromatic N) is 3. The average Bonchev–Trinajstić information content (AvgIpc) is 3.09. The summed E-state index contributed by atoms with van der Waals surface area (Å²) in [4.78, 5) is 22.0. The zero-order valence-electron chi connectivity index (χ0n) is 14.0. The molecule has 0 aromatic carbocycles. The number of hydrogen-bond donors (Lipinski definition) is 0. The van der Waals surface area contributed by atoms with Crippen LogP contribution in [-0.2, 0) is 9.53 Å². The van der Waals surface area contributed by atoms with Gasteiger partial charge >= 0.3 is 0 Å². The monoisotopic (exact) mass is 321 g/mol. The molecule has 1 saturated heterocycles. The first-order chi connectivity index (χ1) is 11.5. The Hall–Kier alpha value is -2.71. The molecule has 1 aliphatic heterocycles. The van der Waals surface area contributed by atoms with Gasteiger partial charge in [0.1, 0.15) is 11.8 Å². The third-order valence-electron chi connectivity index (χ3n) is 4.15. The Kier molecular flexibility index (Phi) is 4.08. The average molecular weight is 321 g/mol. The fraction of sp³-hybridized carbons (Fsp3) is 0.316. The Morgan fingerprint density at radius 2 is 2.04 bits per heavy atom. The second-order valence-electron chi connectivity index (χ2n) is 6.50. The lowest BCUT2D eigenvalue weighted by Crippen LogP contribution is -2.33. The summed E-state index contributed by atoms with van der Waals surface area (Å²) in [7, 11) is 1.53. The van der Waals surface area contributed by atoms with Crippen LogP contribution < -0.4 is 4.90 Å². The van der Waals surface area contributed by atoms with Gasteiger partial charge in [0, 0.05) is 25.3 Å². The highest BCUT2D eigenvalue weighted by atomic mass is 16.5. The number of rotatable bonds is 2. The summed E-state index contributed by atoms with van der Waals surface area (Å²) < 4.78 is 5.26. The van der Waals surface area contributed by atoms with Crippen LogP contribution in [0.4, 0.5) is 5.95 Å². The number of terminal acetylenes is 1. The van der Waals surface area contributed by atoms with Crippen LogP contribution in [-0.4, -0.2) is 35.6 Å². The van der Waals surface area contributed by atoms with Gasteiger partial charge in [0.15, 0.2) is 0 Å². The van der Waals surface area contributed by atoms with Crippen LogP contribution >= 0.6 is 0 Å². The molecule has 5 heteroatoms. The predicted octanol–water partition coefficient (Wildman–Crippen LogP) is 2.51. The van der Waals surface area contributed by atoms with Gasteiger partial charge in [-0.1, -0.05) is 38.0 Å². The molecule has 1 amide bonds. The lowest BCUT2D eigenvalue weighted by atomic mass is 9.90. The Morgan fingerprint density at radius 1 is 1.33 bits per heavy atom. The maximum Gasteiger partial charge on any atom is 0.259 e. The van der Waals surface area contributed by atoms with Gasteiger partial charge in [-0.3, -0.25) is 9.69 Å². The van der Waals surface area contributed by atoms with Crippen molar-refractivity contribution in [3.8, 4) is 23.5 Å². The molecule has 0 bridgehead atoms. The summed E-state index contributed by atoms with van der Waals surface area (Å²) in [6.45, 7) is 4.46. The Labute approximate surface area is 141 Å². The lowest BCUT2D eigenvalue weighted by Gasteiger charge is -2.21. The number of ether oxygens (including phenoxy) is 1. The molecular weight excluding hydrogens is 302 g/mol. The van der Waals surface area contributed by atoms with Gasteiger partial charge in [-0.15, -0.1) is 6.42 Å². The van der Waals surface area contributed by atoms with Gasteiger partial charge in [0.25, 0.3) is 5.91 Å². The standard InChI is InChI=1S/C13H15N3O2.C6H4/c1-5-9-6-7-14-12(15-9)16-8-13(2,3)10(18-4)11(16)17;1-2-5-4-6(5)3-1/h1,6-7,10H,8H2,2-4H3;1-4H. The highest BCUT2D eigenvalue weighted by molar-refractivity contribution is 5.98. The molecule has 0 saturated carbocycles. The smallest absolute Gasteiger partial charge is 0.259 e. The van der Waals surface area contributed by atoms with Gasteiger partial charge < -0.3 is 4.74 Å². The van der Waals surface area contributed by atoms with Gasteiger partial charge in [-0.2, -0.15) is 0 Å². The van der Waals surface area contributed by atoms with Crippen molar-refractivity contribution in [2.24, 2.45) is 5.41 Å².